The van der Waals surface area contributed by atoms with Gasteiger partial charge in [0.15, 0.2) is 0 Å². The van der Waals surface area contributed by atoms with Crippen LogP contribution in [0.3, 0.4) is 0 Å². The van der Waals surface area contributed by atoms with Crippen molar-refractivity contribution in [1.82, 2.24) is 0 Å². The van der Waals surface area contributed by atoms with Crippen LogP contribution in [0.25, 0.3) is 0 Å². The fraction of sp³-hybridized carbons (Fsp3) is 0.571. The van der Waals surface area contributed by atoms with E-state index in [-0.39, 0.29) is 0 Å². The standard InChI is InChI=1S/C14H19Cl2NO/c1-9-7-13(16)14(8-12(9)15)17-10-3-5-11(18-2)6-4-10/h7-8,10-11,17H,3-6H2,1-2H3. The van der Waals surface area contributed by atoms with Gasteiger partial charge in [0.05, 0.1) is 16.8 Å². The van der Waals surface area contributed by atoms with Crippen molar-refractivity contribution in [2.75, 3.05) is 12.4 Å². The van der Waals surface area contributed by atoms with Gasteiger partial charge in [0.25, 0.3) is 0 Å². The molecule has 1 aromatic rings. The third-order valence-corrected chi connectivity index (χ3v) is 4.34. The first-order chi connectivity index (χ1) is 8.60. The predicted molar refractivity (Wildman–Crippen MR) is 77.9 cm³/mol. The molecule has 1 saturated carbocycles. The van der Waals surface area contributed by atoms with E-state index in [1.54, 1.807) is 7.11 Å². The predicted octanol–water partition coefficient (Wildman–Crippen LogP) is 4.67. The number of aryl methyl sites for hydroxylation is 1. The lowest BCUT2D eigenvalue weighted by atomic mass is 9.93. The van der Waals surface area contributed by atoms with Crippen LogP contribution in [0.4, 0.5) is 5.69 Å². The zero-order valence-electron chi connectivity index (χ0n) is 10.8. The highest BCUT2D eigenvalue weighted by Crippen LogP contribution is 2.31. The molecule has 1 aliphatic carbocycles. The van der Waals surface area contributed by atoms with Crippen molar-refractivity contribution in [2.45, 2.75) is 44.8 Å². The highest BCUT2D eigenvalue weighted by atomic mass is 35.5. The highest BCUT2D eigenvalue weighted by molar-refractivity contribution is 6.35. The normalized spacial score (nSPS) is 24.0. The molecule has 0 unspecified atom stereocenters. The van der Waals surface area contributed by atoms with Crippen LogP contribution < -0.4 is 5.32 Å². The Morgan fingerprint density at radius 3 is 2.39 bits per heavy atom. The van der Waals surface area contributed by atoms with E-state index < -0.39 is 0 Å². The second-order valence-electron chi connectivity index (χ2n) is 4.93. The fourth-order valence-corrected chi connectivity index (χ4v) is 2.86. The maximum absolute atomic E-state index is 6.23. The summed E-state index contributed by atoms with van der Waals surface area (Å²) in [5.41, 5.74) is 1.95. The van der Waals surface area contributed by atoms with Gasteiger partial charge in [-0.25, -0.2) is 0 Å². The average Bonchev–Trinajstić information content (AvgIpc) is 2.37. The molecule has 0 aromatic heterocycles. The Morgan fingerprint density at radius 1 is 1.11 bits per heavy atom. The Bertz CT molecular complexity index is 415. The second-order valence-corrected chi connectivity index (χ2v) is 5.75. The summed E-state index contributed by atoms with van der Waals surface area (Å²) in [5.74, 6) is 0. The summed E-state index contributed by atoms with van der Waals surface area (Å²) in [6.07, 6.45) is 4.84. The van der Waals surface area contributed by atoms with Gasteiger partial charge in [-0.15, -0.1) is 0 Å². The van der Waals surface area contributed by atoms with Crippen LogP contribution in [0.2, 0.25) is 10.0 Å². The summed E-state index contributed by atoms with van der Waals surface area (Å²) in [6.45, 7) is 1.96. The van der Waals surface area contributed by atoms with Gasteiger partial charge < -0.3 is 10.1 Å². The molecule has 1 fully saturated rings. The Kier molecular flexibility index (Phi) is 4.77. The summed E-state index contributed by atoms with van der Waals surface area (Å²) in [7, 11) is 1.79. The summed E-state index contributed by atoms with van der Waals surface area (Å²) in [6, 6.07) is 4.29. The van der Waals surface area contributed by atoms with Crippen LogP contribution in [0.15, 0.2) is 12.1 Å². The quantitative estimate of drug-likeness (QED) is 0.872. The number of benzene rings is 1. The third-order valence-electron chi connectivity index (χ3n) is 3.62. The number of hydrogen-bond donors (Lipinski definition) is 1. The zero-order valence-corrected chi connectivity index (χ0v) is 12.3. The molecule has 0 amide bonds. The first-order valence-electron chi connectivity index (χ1n) is 6.35. The minimum atomic E-state index is 0.417. The van der Waals surface area contributed by atoms with Crippen molar-refractivity contribution in [2.24, 2.45) is 0 Å². The van der Waals surface area contributed by atoms with Crippen molar-refractivity contribution in [1.29, 1.82) is 0 Å². The second kappa shape index (κ2) is 6.14. The minimum absolute atomic E-state index is 0.417. The van der Waals surface area contributed by atoms with Crippen molar-refractivity contribution in [3.8, 4) is 0 Å². The smallest absolute Gasteiger partial charge is 0.0641 e. The number of rotatable bonds is 3. The molecular weight excluding hydrogens is 269 g/mol. The molecule has 1 aliphatic rings. The van der Waals surface area contributed by atoms with Gasteiger partial charge in [-0.2, -0.15) is 0 Å². The molecule has 0 bridgehead atoms. The SMILES string of the molecule is COC1CCC(Nc2cc(Cl)c(C)cc2Cl)CC1. The van der Waals surface area contributed by atoms with Gasteiger partial charge in [-0.3, -0.25) is 0 Å². The molecule has 100 valence electrons. The zero-order chi connectivity index (χ0) is 13.1. The van der Waals surface area contributed by atoms with Crippen LogP contribution in [-0.2, 0) is 4.74 Å². The molecule has 0 heterocycles. The molecule has 0 atom stereocenters. The van der Waals surface area contributed by atoms with E-state index in [1.807, 2.05) is 19.1 Å². The molecule has 0 aliphatic heterocycles. The molecule has 1 N–H and O–H groups in total. The average molecular weight is 288 g/mol. The van der Waals surface area contributed by atoms with Gasteiger partial charge >= 0.3 is 0 Å². The molecule has 4 heteroatoms. The van der Waals surface area contributed by atoms with Gasteiger partial charge in [0.1, 0.15) is 0 Å². The minimum Gasteiger partial charge on any atom is -0.381 e. The lowest BCUT2D eigenvalue weighted by Gasteiger charge is -2.29. The Hall–Kier alpha value is -0.440. The van der Waals surface area contributed by atoms with Crippen molar-refractivity contribution < 1.29 is 4.74 Å². The molecule has 18 heavy (non-hydrogen) atoms. The van der Waals surface area contributed by atoms with E-state index in [9.17, 15) is 0 Å². The number of hydrogen-bond acceptors (Lipinski definition) is 2. The number of methoxy groups -OCH3 is 1. The molecular formula is C14H19Cl2NO. The first kappa shape index (κ1) is 14.0. The summed E-state index contributed by atoms with van der Waals surface area (Å²) >= 11 is 12.4. The Morgan fingerprint density at radius 2 is 1.78 bits per heavy atom. The van der Waals surface area contributed by atoms with Crippen molar-refractivity contribution in [3.63, 3.8) is 0 Å². The maximum atomic E-state index is 6.23. The summed E-state index contributed by atoms with van der Waals surface area (Å²) in [5, 5.41) is 4.99. The fourth-order valence-electron chi connectivity index (χ4n) is 2.42. The first-order valence-corrected chi connectivity index (χ1v) is 7.10. The summed E-state index contributed by atoms with van der Waals surface area (Å²) in [4.78, 5) is 0. The topological polar surface area (TPSA) is 21.3 Å². The monoisotopic (exact) mass is 287 g/mol. The summed E-state index contributed by atoms with van der Waals surface area (Å²) < 4.78 is 5.37. The molecule has 2 rings (SSSR count). The van der Waals surface area contributed by atoms with E-state index in [0.717, 1.165) is 47.0 Å². The van der Waals surface area contributed by atoms with E-state index in [2.05, 4.69) is 5.32 Å². The molecule has 1 aromatic carbocycles. The van der Waals surface area contributed by atoms with Crippen LogP contribution in [0.5, 0.6) is 0 Å². The van der Waals surface area contributed by atoms with Crippen LogP contribution in [0, 0.1) is 6.92 Å². The maximum Gasteiger partial charge on any atom is 0.0641 e. The van der Waals surface area contributed by atoms with Gasteiger partial charge in [0, 0.05) is 18.2 Å². The lowest BCUT2D eigenvalue weighted by Crippen LogP contribution is -2.29. The van der Waals surface area contributed by atoms with E-state index >= 15 is 0 Å². The van der Waals surface area contributed by atoms with E-state index in [0.29, 0.717) is 12.1 Å². The highest BCUT2D eigenvalue weighted by Gasteiger charge is 2.21. The number of halogens is 2. The number of anilines is 1. The molecule has 0 saturated heterocycles. The van der Waals surface area contributed by atoms with Crippen LogP contribution in [-0.4, -0.2) is 19.3 Å². The van der Waals surface area contributed by atoms with E-state index in [4.69, 9.17) is 27.9 Å². The number of ether oxygens (including phenoxy) is 1. The number of nitrogens with one attached hydrogen (secondary N) is 1. The molecule has 0 radical (unpaired) electrons. The van der Waals surface area contributed by atoms with Crippen molar-refractivity contribution in [3.05, 3.63) is 27.7 Å². The molecule has 2 nitrogen and oxygen atoms in total. The van der Waals surface area contributed by atoms with Gasteiger partial charge in [-0.1, -0.05) is 23.2 Å². The van der Waals surface area contributed by atoms with Crippen molar-refractivity contribution >= 4 is 28.9 Å². The lowest BCUT2D eigenvalue weighted by molar-refractivity contribution is 0.0682. The largest absolute Gasteiger partial charge is 0.381 e. The third kappa shape index (κ3) is 3.31. The van der Waals surface area contributed by atoms with Crippen LogP contribution >= 0.6 is 23.2 Å². The molecule has 0 spiro atoms. The van der Waals surface area contributed by atoms with Gasteiger partial charge in [-0.05, 0) is 50.3 Å². The Labute approximate surface area is 119 Å². The van der Waals surface area contributed by atoms with Crippen LogP contribution in [0.1, 0.15) is 31.2 Å². The van der Waals surface area contributed by atoms with E-state index in [1.165, 1.54) is 0 Å². The Balaban J connectivity index is 2.00. The van der Waals surface area contributed by atoms with Gasteiger partial charge in [0.2, 0.25) is 0 Å².